The zero-order chi connectivity index (χ0) is 20.9. The molecule has 2 atom stereocenters. The monoisotopic (exact) mass is 399 g/mol. The van der Waals surface area contributed by atoms with E-state index < -0.39 is 6.10 Å². The van der Waals surface area contributed by atoms with Gasteiger partial charge in [0.25, 0.3) is 0 Å². The molecule has 4 rings (SSSR count). The maximum absolute atomic E-state index is 12.1. The quantitative estimate of drug-likeness (QED) is 0.416. The second-order valence-electron chi connectivity index (χ2n) is 7.39. The molecule has 0 unspecified atom stereocenters. The third kappa shape index (κ3) is 4.35. The van der Waals surface area contributed by atoms with Gasteiger partial charge in [-0.3, -0.25) is 4.79 Å². The molecular weight excluding hydrogens is 374 g/mol. The lowest BCUT2D eigenvalue weighted by Gasteiger charge is -2.29. The number of carbonyl (C=O) groups is 1. The predicted octanol–water partition coefficient (Wildman–Crippen LogP) is 5.53. The Balaban J connectivity index is 1.80. The molecule has 1 N–H and O–H groups in total. The number of carbonyl (C=O) groups excluding carboxylic acids is 1. The second kappa shape index (κ2) is 9.08. The zero-order valence-corrected chi connectivity index (χ0v) is 17.2. The van der Waals surface area contributed by atoms with Crippen molar-refractivity contribution in [2.45, 2.75) is 19.1 Å². The van der Waals surface area contributed by atoms with Crippen LogP contribution < -0.4 is 5.32 Å². The van der Waals surface area contributed by atoms with Crippen molar-refractivity contribution in [3.63, 3.8) is 0 Å². The van der Waals surface area contributed by atoms with Crippen molar-refractivity contribution in [3.05, 3.63) is 96.1 Å². The van der Waals surface area contributed by atoms with Crippen LogP contribution >= 0.6 is 0 Å². The van der Waals surface area contributed by atoms with E-state index in [1.54, 1.807) is 7.11 Å². The first-order valence-corrected chi connectivity index (χ1v) is 10.0. The average molecular weight is 399 g/mol. The van der Waals surface area contributed by atoms with E-state index in [4.69, 9.17) is 9.47 Å². The number of methoxy groups -OCH3 is 1. The summed E-state index contributed by atoms with van der Waals surface area (Å²) in [6, 6.07) is 28.5. The van der Waals surface area contributed by atoms with Gasteiger partial charge in [0.15, 0.2) is 0 Å². The molecule has 0 saturated carbocycles. The molecule has 4 heteroatoms. The van der Waals surface area contributed by atoms with E-state index in [1.807, 2.05) is 30.3 Å². The number of hydrogen-bond donors (Lipinski definition) is 1. The smallest absolute Gasteiger partial charge is 0.217 e. The number of ether oxygens (including phenoxy) is 2. The van der Waals surface area contributed by atoms with Gasteiger partial charge in [0.05, 0.1) is 6.04 Å². The molecule has 0 saturated heterocycles. The molecule has 0 heterocycles. The Bertz CT molecular complexity index is 1170. The lowest BCUT2D eigenvalue weighted by atomic mass is 9.92. The van der Waals surface area contributed by atoms with Crippen LogP contribution in [0.5, 0.6) is 0 Å². The van der Waals surface area contributed by atoms with E-state index in [0.29, 0.717) is 0 Å². The molecule has 0 aliphatic carbocycles. The van der Waals surface area contributed by atoms with Crippen LogP contribution in [-0.4, -0.2) is 19.8 Å². The number of fused-ring (bicyclic) bond motifs is 2. The summed E-state index contributed by atoms with van der Waals surface area (Å²) >= 11 is 0. The first-order valence-electron chi connectivity index (χ1n) is 10.0. The molecule has 0 aromatic heterocycles. The van der Waals surface area contributed by atoms with Gasteiger partial charge < -0.3 is 14.8 Å². The largest absolute Gasteiger partial charge is 0.359 e. The predicted molar refractivity (Wildman–Crippen MR) is 120 cm³/mol. The highest BCUT2D eigenvalue weighted by Gasteiger charge is 2.27. The van der Waals surface area contributed by atoms with Gasteiger partial charge in [0, 0.05) is 14.0 Å². The van der Waals surface area contributed by atoms with E-state index in [9.17, 15) is 4.79 Å². The van der Waals surface area contributed by atoms with E-state index in [0.717, 1.165) is 32.7 Å². The third-order valence-electron chi connectivity index (χ3n) is 5.26. The molecule has 4 aromatic carbocycles. The summed E-state index contributed by atoms with van der Waals surface area (Å²) < 4.78 is 11.3. The summed E-state index contributed by atoms with van der Waals surface area (Å²) in [5.41, 5.74) is 1.97. The molecule has 0 bridgehead atoms. The van der Waals surface area contributed by atoms with Crippen LogP contribution in [0.3, 0.4) is 0 Å². The van der Waals surface area contributed by atoms with Gasteiger partial charge in [-0.2, -0.15) is 0 Å². The van der Waals surface area contributed by atoms with Gasteiger partial charge in [-0.25, -0.2) is 0 Å². The van der Waals surface area contributed by atoms with Crippen LogP contribution in [0.25, 0.3) is 21.5 Å². The minimum Gasteiger partial charge on any atom is -0.359 e. The van der Waals surface area contributed by atoms with E-state index in [2.05, 4.69) is 59.9 Å². The topological polar surface area (TPSA) is 47.6 Å². The SMILES string of the molecule is COCO[C@@H](c1ccc2ccccc2c1)[C@H](NC(C)=O)c1ccc2ccccc2c1. The van der Waals surface area contributed by atoms with Crippen LogP contribution in [0.2, 0.25) is 0 Å². The maximum atomic E-state index is 12.1. The highest BCUT2D eigenvalue weighted by molar-refractivity contribution is 5.84. The van der Waals surface area contributed by atoms with Crippen molar-refractivity contribution in [2.24, 2.45) is 0 Å². The summed E-state index contributed by atoms with van der Waals surface area (Å²) in [5, 5.41) is 7.66. The Hall–Kier alpha value is -3.21. The van der Waals surface area contributed by atoms with Crippen LogP contribution in [-0.2, 0) is 14.3 Å². The highest BCUT2D eigenvalue weighted by atomic mass is 16.7. The highest BCUT2D eigenvalue weighted by Crippen LogP contribution is 2.35. The Morgan fingerprint density at radius 2 is 1.33 bits per heavy atom. The fourth-order valence-electron chi connectivity index (χ4n) is 3.87. The molecular formula is C26H25NO3. The number of benzene rings is 4. The summed E-state index contributed by atoms with van der Waals surface area (Å²) in [7, 11) is 1.60. The Labute approximate surface area is 176 Å². The zero-order valence-electron chi connectivity index (χ0n) is 17.2. The fourth-order valence-corrected chi connectivity index (χ4v) is 3.87. The van der Waals surface area contributed by atoms with Crippen molar-refractivity contribution in [1.82, 2.24) is 5.32 Å². The molecule has 4 nitrogen and oxygen atoms in total. The van der Waals surface area contributed by atoms with Crippen molar-refractivity contribution >= 4 is 27.5 Å². The van der Waals surface area contributed by atoms with Crippen LogP contribution in [0.15, 0.2) is 84.9 Å². The summed E-state index contributed by atoms with van der Waals surface area (Å²) in [6.07, 6.45) is -0.403. The summed E-state index contributed by atoms with van der Waals surface area (Å²) in [5.74, 6) is -0.111. The number of rotatable bonds is 7. The van der Waals surface area contributed by atoms with Crippen LogP contribution in [0.4, 0.5) is 0 Å². The number of nitrogens with one attached hydrogen (secondary N) is 1. The second-order valence-corrected chi connectivity index (χ2v) is 7.39. The van der Waals surface area contributed by atoms with E-state index in [1.165, 1.54) is 6.92 Å². The van der Waals surface area contributed by atoms with E-state index >= 15 is 0 Å². The Morgan fingerprint density at radius 1 is 0.800 bits per heavy atom. The fraction of sp³-hybridized carbons (Fsp3) is 0.192. The van der Waals surface area contributed by atoms with Gasteiger partial charge >= 0.3 is 0 Å². The summed E-state index contributed by atoms with van der Waals surface area (Å²) in [6.45, 7) is 1.66. The lowest BCUT2D eigenvalue weighted by Crippen LogP contribution is -2.32. The van der Waals surface area contributed by atoms with Gasteiger partial charge in [0.2, 0.25) is 5.91 Å². The van der Waals surface area contributed by atoms with Gasteiger partial charge in [-0.05, 0) is 44.8 Å². The van der Waals surface area contributed by atoms with Gasteiger partial charge in [-0.1, -0.05) is 72.8 Å². The van der Waals surface area contributed by atoms with Crippen molar-refractivity contribution < 1.29 is 14.3 Å². The molecule has 0 fully saturated rings. The molecule has 0 spiro atoms. The van der Waals surface area contributed by atoms with Crippen LogP contribution in [0, 0.1) is 0 Å². The molecule has 30 heavy (non-hydrogen) atoms. The molecule has 0 aliphatic heterocycles. The number of amides is 1. The number of hydrogen-bond acceptors (Lipinski definition) is 3. The third-order valence-corrected chi connectivity index (χ3v) is 5.26. The summed E-state index contributed by atoms with van der Waals surface area (Å²) in [4.78, 5) is 12.1. The van der Waals surface area contributed by atoms with Crippen molar-refractivity contribution in [1.29, 1.82) is 0 Å². The molecule has 1 amide bonds. The lowest BCUT2D eigenvalue weighted by molar-refractivity contribution is -0.123. The molecule has 0 aliphatic rings. The standard InChI is InChI=1S/C26H25NO3/c1-18(28)27-25(23-13-11-19-7-3-5-9-21(19)15-23)26(30-17-29-2)24-14-12-20-8-4-6-10-22(20)16-24/h3-16,25-26H,17H2,1-2H3,(H,27,28)/t25-,26+/m1/s1. The minimum absolute atomic E-state index is 0.111. The first-order chi connectivity index (χ1) is 14.7. The Morgan fingerprint density at radius 3 is 1.90 bits per heavy atom. The molecule has 152 valence electrons. The molecule has 4 aromatic rings. The minimum atomic E-state index is -0.403. The molecule has 0 radical (unpaired) electrons. The van der Waals surface area contributed by atoms with E-state index in [-0.39, 0.29) is 18.7 Å². The van der Waals surface area contributed by atoms with Crippen molar-refractivity contribution in [2.75, 3.05) is 13.9 Å². The maximum Gasteiger partial charge on any atom is 0.217 e. The van der Waals surface area contributed by atoms with Crippen LogP contribution in [0.1, 0.15) is 30.2 Å². The first kappa shape index (κ1) is 20.1. The Kier molecular flexibility index (Phi) is 6.07. The normalized spacial score (nSPS) is 13.3. The van der Waals surface area contributed by atoms with Gasteiger partial charge in [0.1, 0.15) is 12.9 Å². The van der Waals surface area contributed by atoms with Crippen molar-refractivity contribution in [3.8, 4) is 0 Å². The average Bonchev–Trinajstić information content (AvgIpc) is 2.78. The van der Waals surface area contributed by atoms with Gasteiger partial charge in [-0.15, -0.1) is 0 Å².